The molecule has 0 bridgehead atoms. The fourth-order valence-electron chi connectivity index (χ4n) is 11.5. The van der Waals surface area contributed by atoms with Crippen LogP contribution in [0.1, 0.15) is 207 Å². The number of rotatable bonds is 6. The average molecular weight is 1460 g/mol. The van der Waals surface area contributed by atoms with Crippen molar-refractivity contribution in [1.29, 1.82) is 0 Å². The van der Waals surface area contributed by atoms with Crippen LogP contribution in [0.3, 0.4) is 0 Å². The van der Waals surface area contributed by atoms with Crippen molar-refractivity contribution in [2.24, 2.45) is 14.1 Å². The molecule has 11 rings (SSSR count). The molecule has 8 aromatic carbocycles. The van der Waals surface area contributed by atoms with Crippen LogP contribution in [0, 0.1) is 12.7 Å². The zero-order valence-electron chi connectivity index (χ0n) is 53.3. The maximum Gasteiger partial charge on any atom is 0.244 e. The second-order valence-corrected chi connectivity index (χ2v) is 28.3. The fourth-order valence-corrected chi connectivity index (χ4v) is 11.5. The van der Waals surface area contributed by atoms with Gasteiger partial charge in [-0.15, -0.1) is 50.8 Å². The van der Waals surface area contributed by atoms with Crippen molar-refractivity contribution in [2.45, 2.75) is 184 Å². The van der Waals surface area contributed by atoms with Crippen LogP contribution in [0.5, 0.6) is 0 Å². The van der Waals surface area contributed by atoms with E-state index in [2.05, 4.69) is 311 Å². The van der Waals surface area contributed by atoms with Gasteiger partial charge >= 0.3 is 0 Å². The van der Waals surface area contributed by atoms with Crippen LogP contribution < -0.4 is 14.1 Å². The number of hydrogen-bond acceptors (Lipinski definition) is 0. The summed E-state index contributed by atoms with van der Waals surface area (Å²) in [7, 11) is 4.20. The smallest absolute Gasteiger partial charge is 0.244 e. The van der Waals surface area contributed by atoms with Gasteiger partial charge in [-0.2, -0.15) is 0 Å². The van der Waals surface area contributed by atoms with Gasteiger partial charge in [-0.25, -0.2) is 0 Å². The van der Waals surface area contributed by atoms with Gasteiger partial charge in [-0.3, -0.25) is 0 Å². The number of hydrogen-bond donors (Lipinski definition) is 0. The molecule has 11 aromatic rings. The minimum Gasteiger partial charge on any atom is -0.657 e. The van der Waals surface area contributed by atoms with E-state index in [0.29, 0.717) is 23.7 Å². The molecule has 3 aromatic heterocycles. The second-order valence-electron chi connectivity index (χ2n) is 28.3. The number of nitrogens with zero attached hydrogens (tertiary/aromatic N) is 5. The summed E-state index contributed by atoms with van der Waals surface area (Å²) >= 11 is 0. The number of aromatic nitrogens is 5. The number of aryl methyl sites for hydroxylation is 2. The van der Waals surface area contributed by atoms with Gasteiger partial charge < -0.3 is 23.3 Å². The van der Waals surface area contributed by atoms with Crippen LogP contribution in [0.15, 0.2) is 127 Å². The van der Waals surface area contributed by atoms with Crippen molar-refractivity contribution >= 4 is 65.4 Å². The zero-order valence-corrected chi connectivity index (χ0v) is 57.6. The first kappa shape index (κ1) is 64.2. The minimum absolute atomic E-state index is 0. The average Bonchev–Trinajstić information content (AvgIpc) is 4.18. The second kappa shape index (κ2) is 23.9. The Bertz CT molecular complexity index is 3630. The summed E-state index contributed by atoms with van der Waals surface area (Å²) in [6.07, 6.45) is 7.33. The Morgan fingerprint density at radius 3 is 0.976 bits per heavy atom. The summed E-state index contributed by atoms with van der Waals surface area (Å²) in [5.41, 5.74) is 21.0. The zero-order chi connectivity index (χ0) is 58.3. The van der Waals surface area contributed by atoms with Crippen LogP contribution in [-0.4, -0.2) is 9.13 Å². The Hall–Kier alpha value is -5.37. The van der Waals surface area contributed by atoms with E-state index >= 15 is 0 Å². The van der Waals surface area contributed by atoms with E-state index in [4.69, 9.17) is 4.98 Å². The molecule has 82 heavy (non-hydrogen) atoms. The molecule has 440 valence electrons. The van der Waals surface area contributed by atoms with Crippen molar-refractivity contribution in [3.8, 4) is 11.4 Å². The molecule has 0 aliphatic carbocycles. The van der Waals surface area contributed by atoms with Crippen LogP contribution in [0.25, 0.3) is 76.8 Å². The van der Waals surface area contributed by atoms with E-state index in [1.165, 1.54) is 88.2 Å². The standard InChI is InChI=1S/C34H42N4.C21H25.C20H24N.2Au/c1-21(2)25-13-11-14-26(22(3)4)33(25)37-19-35(9)29-17-30-32(18-31(29)37)38(20-36(30)10)34-27(23(5)6)15-12-16-28(34)24(7)8;1-20(2,3)16-9-7-14-11-15-8-10-17(21(4,5)6)13-19(15)18(14)12-16;1-19(2,3)13-7-9-17-15(11-13)16-12-14(20(4,5)6)8-10-18(16)21-17;;/h11-18,21-24H,1-10H3;7-13H,1-6H3;7-12H,1-6H3;;/q;2*-1;;. The third kappa shape index (κ3) is 12.7. The van der Waals surface area contributed by atoms with Crippen molar-refractivity contribution in [3.63, 3.8) is 0 Å². The number of imidazole rings is 2. The first-order valence-corrected chi connectivity index (χ1v) is 29.5. The van der Waals surface area contributed by atoms with Crippen molar-refractivity contribution in [3.05, 3.63) is 185 Å². The molecule has 0 spiro atoms. The summed E-state index contributed by atoms with van der Waals surface area (Å²) in [6, 6.07) is 47.7. The molecule has 0 atom stereocenters. The van der Waals surface area contributed by atoms with Crippen molar-refractivity contribution < 1.29 is 53.9 Å². The van der Waals surface area contributed by atoms with Gasteiger partial charge in [0, 0.05) is 55.8 Å². The molecule has 0 fully saturated rings. The van der Waals surface area contributed by atoms with Gasteiger partial charge in [0.2, 0.25) is 12.7 Å². The van der Waals surface area contributed by atoms with E-state index < -0.39 is 0 Å². The van der Waals surface area contributed by atoms with Gasteiger partial charge in [-0.1, -0.05) is 259 Å². The van der Waals surface area contributed by atoms with E-state index in [1.54, 1.807) is 0 Å². The first-order chi connectivity index (χ1) is 37.3. The van der Waals surface area contributed by atoms with Gasteiger partial charge in [-0.05, 0) is 89.5 Å². The molecule has 0 amide bonds. The maximum atomic E-state index is 4.76. The van der Waals surface area contributed by atoms with Crippen LogP contribution in [0.2, 0.25) is 0 Å². The molecular weight excluding hydrogens is 1360 g/mol. The SMILES string of the molecule is CC(C)(C)c1ccc2[cH-]c3ccc(C(C)(C)C)cc3c2c1.CC(C)(C)c1ccc2[n-]c3ccc(C(C)(C)C)cc3c2c1.CC(C)c1cccc(C(C)C)c1-n1[c-][n+](C)c2cc3c(cc21)n(-c1c(C(C)C)cccc1C(C)C)[c-][n+]3C.[Au].[Au]. The van der Waals surface area contributed by atoms with Crippen LogP contribution >= 0.6 is 0 Å². The summed E-state index contributed by atoms with van der Waals surface area (Å²) in [5.74, 6) is 1.63. The summed E-state index contributed by atoms with van der Waals surface area (Å²) in [5, 5.41) is 8.05. The monoisotopic (exact) mass is 1460 g/mol. The summed E-state index contributed by atoms with van der Waals surface area (Å²) in [4.78, 5) is 4.76. The molecular formula is C75H91Au2N5-2. The van der Waals surface area contributed by atoms with Gasteiger partial charge in [0.05, 0.1) is 36.5 Å². The van der Waals surface area contributed by atoms with Gasteiger partial charge in [0.1, 0.15) is 0 Å². The third-order valence-electron chi connectivity index (χ3n) is 16.6. The minimum atomic E-state index is 0. The van der Waals surface area contributed by atoms with E-state index in [9.17, 15) is 0 Å². The van der Waals surface area contributed by atoms with E-state index in [-0.39, 0.29) is 66.4 Å². The number of para-hydroxylation sites is 2. The molecule has 0 unspecified atom stereocenters. The topological polar surface area (TPSA) is 31.7 Å². The molecule has 0 saturated heterocycles. The Morgan fingerprint density at radius 2 is 0.683 bits per heavy atom. The quantitative estimate of drug-likeness (QED) is 0.0927. The van der Waals surface area contributed by atoms with Crippen LogP contribution in [-0.2, 0) is 80.5 Å². The first-order valence-electron chi connectivity index (χ1n) is 29.5. The number of benzene rings is 7. The fraction of sp³-hybridized carbons (Fsp3) is 0.400. The molecule has 0 saturated carbocycles. The molecule has 0 aliphatic heterocycles. The molecule has 2 radical (unpaired) electrons. The van der Waals surface area contributed by atoms with Crippen molar-refractivity contribution in [1.82, 2.24) is 14.1 Å². The predicted molar refractivity (Wildman–Crippen MR) is 343 cm³/mol. The normalized spacial score (nSPS) is 12.5. The van der Waals surface area contributed by atoms with Gasteiger partial charge in [0.25, 0.3) is 0 Å². The van der Waals surface area contributed by atoms with E-state index in [1.807, 2.05) is 0 Å². The molecule has 3 heterocycles. The van der Waals surface area contributed by atoms with E-state index in [0.717, 1.165) is 33.1 Å². The molecule has 7 heteroatoms. The predicted octanol–water partition coefficient (Wildman–Crippen LogP) is 19.2. The largest absolute Gasteiger partial charge is 0.657 e. The summed E-state index contributed by atoms with van der Waals surface area (Å²) < 4.78 is 8.87. The molecule has 0 aliphatic rings. The van der Waals surface area contributed by atoms with Crippen molar-refractivity contribution in [2.75, 3.05) is 0 Å². The Balaban J connectivity index is 0.000000188. The maximum absolute atomic E-state index is 4.76. The third-order valence-corrected chi connectivity index (χ3v) is 16.6. The Labute approximate surface area is 523 Å². The summed E-state index contributed by atoms with van der Waals surface area (Å²) in [6.45, 7) is 45.5. The van der Waals surface area contributed by atoms with Gasteiger partial charge in [0.15, 0.2) is 0 Å². The Morgan fingerprint density at radius 1 is 0.390 bits per heavy atom. The van der Waals surface area contributed by atoms with Crippen LogP contribution in [0.4, 0.5) is 0 Å². The molecule has 5 nitrogen and oxygen atoms in total. The molecule has 0 N–H and O–H groups in total. The Kier molecular flexibility index (Phi) is 18.7. The number of fused-ring (bicyclic) bond motifs is 8.